The Balaban J connectivity index is 1.86. The first-order chi connectivity index (χ1) is 15.2. The van der Waals surface area contributed by atoms with Crippen molar-refractivity contribution < 1.29 is 19.1 Å². The molecule has 1 aromatic heterocycles. The summed E-state index contributed by atoms with van der Waals surface area (Å²) in [5, 5.41) is 33.9. The molecule has 3 rings (SSSR count). The van der Waals surface area contributed by atoms with Crippen molar-refractivity contribution in [2.45, 2.75) is 6.92 Å². The first kappa shape index (κ1) is 22.4. The normalized spacial score (nSPS) is 11.0. The summed E-state index contributed by atoms with van der Waals surface area (Å²) in [6.45, 7) is 1.68. The zero-order valence-corrected chi connectivity index (χ0v) is 18.0. The lowest BCUT2D eigenvalue weighted by atomic mass is 10.1. The van der Waals surface area contributed by atoms with E-state index in [2.05, 4.69) is 21.2 Å². The Kier molecular flexibility index (Phi) is 6.46. The number of amides is 1. The summed E-state index contributed by atoms with van der Waals surface area (Å²) in [4.78, 5) is 33.5. The highest BCUT2D eigenvalue weighted by Gasteiger charge is 2.19. The van der Waals surface area contributed by atoms with E-state index in [0.29, 0.717) is 21.4 Å². The van der Waals surface area contributed by atoms with Gasteiger partial charge in [-0.1, -0.05) is 6.07 Å². The van der Waals surface area contributed by atoms with Gasteiger partial charge in [0.15, 0.2) is 0 Å². The van der Waals surface area contributed by atoms with Gasteiger partial charge in [-0.25, -0.2) is 0 Å². The number of hydrogen-bond donors (Lipinski definition) is 1. The fourth-order valence-electron chi connectivity index (χ4n) is 2.77. The van der Waals surface area contributed by atoms with E-state index in [9.17, 15) is 30.3 Å². The van der Waals surface area contributed by atoms with Gasteiger partial charge in [0.2, 0.25) is 0 Å². The number of aryl methyl sites for hydroxylation is 1. The lowest BCUT2D eigenvalue weighted by Crippen LogP contribution is -2.14. The van der Waals surface area contributed by atoms with E-state index in [0.717, 1.165) is 0 Å². The molecule has 0 bridgehead atoms. The average Bonchev–Trinajstić information content (AvgIpc) is 3.21. The molecule has 0 saturated heterocycles. The minimum atomic E-state index is -0.839. The zero-order chi connectivity index (χ0) is 23.4. The van der Waals surface area contributed by atoms with Crippen LogP contribution in [-0.4, -0.2) is 15.8 Å². The van der Waals surface area contributed by atoms with Gasteiger partial charge in [-0.15, -0.1) is 0 Å². The number of rotatable bonds is 6. The number of nitro benzene ring substituents is 2. The molecule has 0 aliphatic heterocycles. The molecule has 0 atom stereocenters. The maximum absolute atomic E-state index is 12.5. The van der Waals surface area contributed by atoms with Crippen LogP contribution in [0.2, 0.25) is 0 Å². The Bertz CT molecular complexity index is 1320. The van der Waals surface area contributed by atoms with Gasteiger partial charge in [0, 0.05) is 34.3 Å². The topological polar surface area (TPSA) is 152 Å². The summed E-state index contributed by atoms with van der Waals surface area (Å²) in [6, 6.07) is 13.3. The Hall–Kier alpha value is -4.30. The fraction of sp³-hybridized carbons (Fsp3) is 0.0476. The highest BCUT2D eigenvalue weighted by atomic mass is 79.9. The minimum absolute atomic E-state index is 0.0401. The number of carbonyl (C=O) groups excluding carboxylic acids is 1. The van der Waals surface area contributed by atoms with Crippen molar-refractivity contribution in [1.82, 2.24) is 0 Å². The molecule has 0 unspecified atom stereocenters. The molecule has 1 N–H and O–H groups in total. The summed E-state index contributed by atoms with van der Waals surface area (Å²) in [7, 11) is 0. The van der Waals surface area contributed by atoms with E-state index in [4.69, 9.17) is 4.42 Å². The summed E-state index contributed by atoms with van der Waals surface area (Å²) in [6.07, 6.45) is 1.19. The molecule has 1 amide bonds. The fourth-order valence-corrected chi connectivity index (χ4v) is 3.33. The van der Waals surface area contributed by atoms with Gasteiger partial charge in [0.1, 0.15) is 28.9 Å². The van der Waals surface area contributed by atoms with E-state index in [-0.39, 0.29) is 28.4 Å². The number of anilines is 1. The lowest BCUT2D eigenvalue weighted by Gasteiger charge is -2.06. The molecule has 160 valence electrons. The maximum atomic E-state index is 12.5. The van der Waals surface area contributed by atoms with Crippen LogP contribution in [0.15, 0.2) is 63.0 Å². The van der Waals surface area contributed by atoms with Crippen LogP contribution in [0, 0.1) is 38.5 Å². The van der Waals surface area contributed by atoms with Gasteiger partial charge >= 0.3 is 0 Å². The van der Waals surface area contributed by atoms with Crippen LogP contribution in [-0.2, 0) is 4.79 Å². The molecule has 0 radical (unpaired) electrons. The van der Waals surface area contributed by atoms with Gasteiger partial charge in [0.25, 0.3) is 17.3 Å². The van der Waals surface area contributed by atoms with Crippen LogP contribution in [0.3, 0.4) is 0 Å². The molecule has 2 aromatic carbocycles. The third-order valence-electron chi connectivity index (χ3n) is 4.31. The predicted octanol–water partition coefficient (Wildman–Crippen LogP) is 5.38. The van der Waals surface area contributed by atoms with Crippen molar-refractivity contribution in [2.24, 2.45) is 0 Å². The molecule has 11 heteroatoms. The number of benzene rings is 2. The number of nitriles is 1. The number of nitro groups is 2. The largest absolute Gasteiger partial charge is 0.457 e. The molecule has 10 nitrogen and oxygen atoms in total. The van der Waals surface area contributed by atoms with E-state index < -0.39 is 15.8 Å². The first-order valence-corrected chi connectivity index (χ1v) is 9.71. The summed E-state index contributed by atoms with van der Waals surface area (Å²) in [5.41, 5.74) is 0.421. The molecule has 0 fully saturated rings. The molecular weight excluding hydrogens is 484 g/mol. The van der Waals surface area contributed by atoms with Crippen molar-refractivity contribution in [3.05, 3.63) is 90.1 Å². The standard InChI is InChI=1S/C21H13BrN4O6/c1-12-2-6-18(19(8-12)26(30)31)24-21(27)13(11-23)9-15-4-7-20(32-15)16-5-3-14(25(28)29)10-17(16)22/h2-10H,1H3,(H,24,27)/b13-9+. The van der Waals surface area contributed by atoms with Crippen molar-refractivity contribution >= 4 is 45.0 Å². The Morgan fingerprint density at radius 1 is 1.12 bits per heavy atom. The number of halogens is 1. The van der Waals surface area contributed by atoms with Crippen LogP contribution in [0.4, 0.5) is 17.1 Å². The van der Waals surface area contributed by atoms with Crippen LogP contribution >= 0.6 is 15.9 Å². The maximum Gasteiger partial charge on any atom is 0.293 e. The number of nitrogens with zero attached hydrogens (tertiary/aromatic N) is 3. The number of hydrogen-bond acceptors (Lipinski definition) is 7. The molecule has 0 aliphatic carbocycles. The van der Waals surface area contributed by atoms with Crippen LogP contribution in [0.1, 0.15) is 11.3 Å². The van der Waals surface area contributed by atoms with E-state index >= 15 is 0 Å². The predicted molar refractivity (Wildman–Crippen MR) is 119 cm³/mol. The van der Waals surface area contributed by atoms with Crippen molar-refractivity contribution in [3.63, 3.8) is 0 Å². The average molecular weight is 497 g/mol. The SMILES string of the molecule is Cc1ccc(NC(=O)/C(C#N)=C/c2ccc(-c3ccc([N+](=O)[O-])cc3Br)o2)c([N+](=O)[O-])c1. The van der Waals surface area contributed by atoms with Crippen LogP contribution < -0.4 is 5.32 Å². The molecule has 0 spiro atoms. The minimum Gasteiger partial charge on any atom is -0.457 e. The first-order valence-electron chi connectivity index (χ1n) is 8.92. The van der Waals surface area contributed by atoms with Crippen molar-refractivity contribution in [1.29, 1.82) is 5.26 Å². The summed E-state index contributed by atoms with van der Waals surface area (Å²) < 4.78 is 6.08. The van der Waals surface area contributed by atoms with E-state index in [1.165, 1.54) is 42.5 Å². The van der Waals surface area contributed by atoms with Gasteiger partial charge < -0.3 is 9.73 Å². The highest BCUT2D eigenvalue weighted by molar-refractivity contribution is 9.10. The Labute approximate surface area is 189 Å². The van der Waals surface area contributed by atoms with E-state index in [1.807, 2.05) is 0 Å². The van der Waals surface area contributed by atoms with E-state index in [1.54, 1.807) is 25.1 Å². The van der Waals surface area contributed by atoms with Gasteiger partial charge in [0.05, 0.1) is 9.85 Å². The van der Waals surface area contributed by atoms with Gasteiger partial charge in [-0.2, -0.15) is 5.26 Å². The second-order valence-electron chi connectivity index (χ2n) is 6.52. The highest BCUT2D eigenvalue weighted by Crippen LogP contribution is 2.33. The molecule has 0 saturated carbocycles. The molecule has 32 heavy (non-hydrogen) atoms. The number of furan rings is 1. The van der Waals surface area contributed by atoms with Crippen molar-refractivity contribution in [3.8, 4) is 17.4 Å². The van der Waals surface area contributed by atoms with Gasteiger partial charge in [-0.05, 0) is 52.7 Å². The van der Waals surface area contributed by atoms with Crippen LogP contribution in [0.5, 0.6) is 0 Å². The smallest absolute Gasteiger partial charge is 0.293 e. The molecule has 3 aromatic rings. The third kappa shape index (κ3) is 4.88. The van der Waals surface area contributed by atoms with Crippen molar-refractivity contribution in [2.75, 3.05) is 5.32 Å². The lowest BCUT2D eigenvalue weighted by molar-refractivity contribution is -0.384. The quantitative estimate of drug-likeness (QED) is 0.208. The molecule has 0 aliphatic rings. The van der Waals surface area contributed by atoms with Gasteiger partial charge in [-0.3, -0.25) is 25.0 Å². The Morgan fingerprint density at radius 2 is 1.88 bits per heavy atom. The second kappa shape index (κ2) is 9.23. The summed E-state index contributed by atoms with van der Waals surface area (Å²) in [5.74, 6) is -0.311. The monoisotopic (exact) mass is 496 g/mol. The molecular formula is C21H13BrN4O6. The number of carbonyl (C=O) groups is 1. The number of non-ortho nitro benzene ring substituents is 1. The Morgan fingerprint density at radius 3 is 2.50 bits per heavy atom. The van der Waals surface area contributed by atoms with Crippen LogP contribution in [0.25, 0.3) is 17.4 Å². The second-order valence-corrected chi connectivity index (χ2v) is 7.38. The third-order valence-corrected chi connectivity index (χ3v) is 4.96. The zero-order valence-electron chi connectivity index (χ0n) is 16.4. The molecule has 1 heterocycles. The summed E-state index contributed by atoms with van der Waals surface area (Å²) >= 11 is 3.26. The number of nitrogens with one attached hydrogen (secondary N) is 1.